The van der Waals surface area contributed by atoms with Gasteiger partial charge in [-0.25, -0.2) is 0 Å². The first kappa shape index (κ1) is 22.9. The molecule has 0 aromatic heterocycles. The first-order valence-electron chi connectivity index (χ1n) is 13.9. The van der Waals surface area contributed by atoms with Gasteiger partial charge >= 0.3 is 0 Å². The molecule has 30 heavy (non-hydrogen) atoms. The molecule has 7 unspecified atom stereocenters. The largest absolute Gasteiger partial charge is 0.314 e. The summed E-state index contributed by atoms with van der Waals surface area (Å²) < 4.78 is 0. The van der Waals surface area contributed by atoms with Gasteiger partial charge in [-0.2, -0.15) is 0 Å². The van der Waals surface area contributed by atoms with E-state index in [1.54, 1.807) is 0 Å². The van der Waals surface area contributed by atoms with Gasteiger partial charge in [-0.15, -0.1) is 0 Å². The molecular formula is C29H51N. The van der Waals surface area contributed by atoms with Crippen molar-refractivity contribution < 1.29 is 0 Å². The fourth-order valence-electron chi connectivity index (χ4n) is 9.42. The Morgan fingerprint density at radius 1 is 0.967 bits per heavy atom. The summed E-state index contributed by atoms with van der Waals surface area (Å²) in [5.74, 6) is 7.78. The van der Waals surface area contributed by atoms with Crippen LogP contribution in [0.15, 0.2) is 11.6 Å². The van der Waals surface area contributed by atoms with Crippen LogP contribution in [0.5, 0.6) is 0 Å². The van der Waals surface area contributed by atoms with E-state index in [1.807, 2.05) is 19.4 Å². The van der Waals surface area contributed by atoms with E-state index in [2.05, 4.69) is 39.1 Å². The summed E-state index contributed by atoms with van der Waals surface area (Å²) in [5.41, 5.74) is 2.40. The highest BCUT2D eigenvalue weighted by atomic mass is 14.9. The number of rotatable bonds is 2. The van der Waals surface area contributed by atoms with Crippen LogP contribution in [0.25, 0.3) is 0 Å². The van der Waals surface area contributed by atoms with Crippen molar-refractivity contribution in [2.75, 3.05) is 6.54 Å². The maximum atomic E-state index is 3.85. The predicted molar refractivity (Wildman–Crippen MR) is 130 cm³/mol. The highest BCUT2D eigenvalue weighted by Crippen LogP contribution is 2.67. The fraction of sp³-hybridized carbons (Fsp3) is 0.931. The molecule has 10 atom stereocenters. The summed E-state index contributed by atoms with van der Waals surface area (Å²) in [6.07, 6.45) is 17.3. The van der Waals surface area contributed by atoms with Crippen LogP contribution < -0.4 is 5.32 Å². The van der Waals surface area contributed by atoms with E-state index in [9.17, 15) is 0 Å². The SMILES string of the molecule is CC.CC1C2C(CCC(CC3CCCCN3)[C@@H]2C)C2CC=C3C[C@@H](C)CC[C@]3(C)C12. The molecule has 0 aromatic rings. The van der Waals surface area contributed by atoms with Crippen LogP contribution in [0.2, 0.25) is 0 Å². The average Bonchev–Trinajstić information content (AvgIpc) is 3.06. The summed E-state index contributed by atoms with van der Waals surface area (Å²) >= 11 is 0. The number of hydrogen-bond donors (Lipinski definition) is 1. The van der Waals surface area contributed by atoms with Gasteiger partial charge in [-0.05, 0) is 117 Å². The summed E-state index contributed by atoms with van der Waals surface area (Å²) in [4.78, 5) is 0. The Morgan fingerprint density at radius 3 is 2.50 bits per heavy atom. The molecule has 1 saturated heterocycles. The minimum absolute atomic E-state index is 0.534. The van der Waals surface area contributed by atoms with Gasteiger partial charge in [0, 0.05) is 6.04 Å². The molecule has 0 radical (unpaired) electrons. The predicted octanol–water partition coefficient (Wildman–Crippen LogP) is 7.86. The van der Waals surface area contributed by atoms with Crippen molar-refractivity contribution in [3.8, 4) is 0 Å². The molecular weight excluding hydrogens is 362 g/mol. The number of hydrogen-bond acceptors (Lipinski definition) is 1. The molecule has 1 N–H and O–H groups in total. The first-order chi connectivity index (χ1) is 14.5. The molecule has 0 spiro atoms. The van der Waals surface area contributed by atoms with Gasteiger partial charge in [0.2, 0.25) is 0 Å². The lowest BCUT2D eigenvalue weighted by molar-refractivity contribution is 0.0687. The van der Waals surface area contributed by atoms with E-state index >= 15 is 0 Å². The normalized spacial score (nSPS) is 50.3. The van der Waals surface area contributed by atoms with E-state index in [1.165, 1.54) is 70.8 Å². The zero-order valence-corrected chi connectivity index (χ0v) is 21.1. The van der Waals surface area contributed by atoms with Crippen LogP contribution in [-0.4, -0.2) is 12.6 Å². The highest BCUT2D eigenvalue weighted by Gasteiger charge is 2.59. The lowest BCUT2D eigenvalue weighted by atomic mass is 9.54. The molecule has 5 aliphatic rings. The minimum atomic E-state index is 0.534. The number of allylic oxidation sites excluding steroid dienone is 2. The summed E-state index contributed by atoms with van der Waals surface area (Å²) in [7, 11) is 0. The minimum Gasteiger partial charge on any atom is -0.314 e. The third-order valence-corrected chi connectivity index (χ3v) is 10.7. The number of piperidine rings is 1. The first-order valence-corrected chi connectivity index (χ1v) is 13.9. The molecule has 1 aliphatic heterocycles. The Kier molecular flexibility index (Phi) is 7.08. The van der Waals surface area contributed by atoms with Gasteiger partial charge in [0.25, 0.3) is 0 Å². The topological polar surface area (TPSA) is 12.0 Å². The van der Waals surface area contributed by atoms with Crippen molar-refractivity contribution >= 4 is 0 Å². The Balaban J connectivity index is 0.00000106. The second-order valence-corrected chi connectivity index (χ2v) is 12.1. The van der Waals surface area contributed by atoms with Crippen molar-refractivity contribution in [3.05, 3.63) is 11.6 Å². The lowest BCUT2D eigenvalue weighted by Crippen LogP contribution is -2.41. The Labute approximate surface area is 188 Å². The molecule has 5 rings (SSSR count). The van der Waals surface area contributed by atoms with Gasteiger partial charge in [0.15, 0.2) is 0 Å². The van der Waals surface area contributed by atoms with Crippen LogP contribution in [0.4, 0.5) is 0 Å². The lowest BCUT2D eigenvalue weighted by Gasteiger charge is -2.50. The molecule has 1 heterocycles. The zero-order chi connectivity index (χ0) is 21.5. The van der Waals surface area contributed by atoms with Crippen molar-refractivity contribution in [2.24, 2.45) is 52.8 Å². The van der Waals surface area contributed by atoms with Gasteiger partial charge in [0.05, 0.1) is 0 Å². The third-order valence-electron chi connectivity index (χ3n) is 10.7. The molecule has 0 amide bonds. The molecule has 3 saturated carbocycles. The van der Waals surface area contributed by atoms with Crippen molar-refractivity contribution in [1.82, 2.24) is 5.32 Å². The Morgan fingerprint density at radius 2 is 1.77 bits per heavy atom. The van der Waals surface area contributed by atoms with Crippen molar-refractivity contribution in [1.29, 1.82) is 0 Å². The van der Waals surface area contributed by atoms with Crippen molar-refractivity contribution in [3.63, 3.8) is 0 Å². The fourth-order valence-corrected chi connectivity index (χ4v) is 9.42. The van der Waals surface area contributed by atoms with E-state index in [0.29, 0.717) is 5.41 Å². The Bertz CT molecular complexity index is 601. The quantitative estimate of drug-likeness (QED) is 0.454. The van der Waals surface area contributed by atoms with E-state index in [0.717, 1.165) is 53.4 Å². The summed E-state index contributed by atoms with van der Waals surface area (Å²) in [5, 5.41) is 3.85. The molecule has 1 heteroatoms. The maximum Gasteiger partial charge on any atom is 0.00698 e. The van der Waals surface area contributed by atoms with Gasteiger partial charge in [-0.1, -0.05) is 59.6 Å². The molecule has 4 fully saturated rings. The Hall–Kier alpha value is -0.300. The second kappa shape index (κ2) is 9.29. The second-order valence-electron chi connectivity index (χ2n) is 12.1. The standard InChI is InChI=1S/C27H45N.C2H6/c1-17-12-13-27(4)21(15-17)9-11-24-23-10-8-20(16-22-7-5-6-14-28-22)18(2)25(23)19(3)26(24)27;1-2/h9,17-20,22-26,28H,5-8,10-16H2,1-4H3;1-2H3/t17-,18-,19?,20?,22?,23?,24?,25?,26?,27-;/m0./s1. The van der Waals surface area contributed by atoms with Gasteiger partial charge < -0.3 is 5.32 Å². The maximum absolute atomic E-state index is 3.85. The number of nitrogens with one attached hydrogen (secondary N) is 1. The smallest absolute Gasteiger partial charge is 0.00698 e. The summed E-state index contributed by atoms with van der Waals surface area (Å²) in [6, 6.07) is 0.822. The van der Waals surface area contributed by atoms with Gasteiger partial charge in [0.1, 0.15) is 0 Å². The van der Waals surface area contributed by atoms with Crippen LogP contribution in [0, 0.1) is 52.8 Å². The monoisotopic (exact) mass is 413 g/mol. The summed E-state index contributed by atoms with van der Waals surface area (Å²) in [6.45, 7) is 15.8. The van der Waals surface area contributed by atoms with Crippen LogP contribution in [-0.2, 0) is 0 Å². The zero-order valence-electron chi connectivity index (χ0n) is 21.1. The third kappa shape index (κ3) is 3.84. The van der Waals surface area contributed by atoms with Crippen LogP contribution in [0.3, 0.4) is 0 Å². The van der Waals surface area contributed by atoms with E-state index < -0.39 is 0 Å². The van der Waals surface area contributed by atoms with Crippen LogP contribution >= 0.6 is 0 Å². The molecule has 4 aliphatic carbocycles. The number of fused-ring (bicyclic) bond motifs is 5. The van der Waals surface area contributed by atoms with Gasteiger partial charge in [-0.3, -0.25) is 0 Å². The van der Waals surface area contributed by atoms with E-state index in [-0.39, 0.29) is 0 Å². The average molecular weight is 414 g/mol. The van der Waals surface area contributed by atoms with Crippen molar-refractivity contribution in [2.45, 2.75) is 112 Å². The van der Waals surface area contributed by atoms with Crippen LogP contribution in [0.1, 0.15) is 106 Å². The van der Waals surface area contributed by atoms with E-state index in [4.69, 9.17) is 0 Å². The molecule has 0 aromatic carbocycles. The molecule has 0 bridgehead atoms. The molecule has 1 nitrogen and oxygen atoms in total. The molecule has 172 valence electrons. The highest BCUT2D eigenvalue weighted by molar-refractivity contribution is 5.26.